The zero-order valence-corrected chi connectivity index (χ0v) is 18.0. The number of nitrogens with one attached hydrogen (secondary N) is 1. The van der Waals surface area contributed by atoms with Crippen LogP contribution in [0.15, 0.2) is 24.3 Å². The fraction of sp³-hybridized carbons (Fsp3) is 0.455. The largest absolute Gasteiger partial charge is 0.492 e. The summed E-state index contributed by atoms with van der Waals surface area (Å²) in [6, 6.07) is 7.38. The molecule has 1 saturated heterocycles. The van der Waals surface area contributed by atoms with Crippen molar-refractivity contribution in [2.45, 2.75) is 20.8 Å². The molecule has 0 spiro atoms. The Morgan fingerprint density at radius 3 is 2.28 bits per heavy atom. The van der Waals surface area contributed by atoms with Crippen LogP contribution >= 0.6 is 11.6 Å². The molecule has 1 fully saturated rings. The van der Waals surface area contributed by atoms with E-state index in [1.807, 2.05) is 38.1 Å². The highest BCUT2D eigenvalue weighted by atomic mass is 35.5. The zero-order chi connectivity index (χ0) is 21.0. The van der Waals surface area contributed by atoms with E-state index in [0.29, 0.717) is 29.4 Å². The topological polar surface area (TPSA) is 65.6 Å². The molecular formula is C22H28ClN3O3. The summed E-state index contributed by atoms with van der Waals surface area (Å²) in [6.07, 6.45) is 0. The number of hydrogen-bond donors (Lipinski definition) is 1. The molecule has 1 aliphatic rings. The highest BCUT2D eigenvalue weighted by molar-refractivity contribution is 6.30. The van der Waals surface area contributed by atoms with E-state index in [1.54, 1.807) is 0 Å². The van der Waals surface area contributed by atoms with Gasteiger partial charge >= 0.3 is 0 Å². The number of aryl methyl sites for hydroxylation is 1. The lowest BCUT2D eigenvalue weighted by Crippen LogP contribution is -2.48. The van der Waals surface area contributed by atoms with Crippen LogP contribution in [0.2, 0.25) is 5.02 Å². The van der Waals surface area contributed by atoms with Crippen LogP contribution in [-0.4, -0.2) is 72.2 Å². The van der Waals surface area contributed by atoms with Crippen molar-refractivity contribution in [2.75, 3.05) is 45.9 Å². The van der Waals surface area contributed by atoms with Crippen molar-refractivity contribution in [2.24, 2.45) is 0 Å². The maximum Gasteiger partial charge on any atom is 0.193 e. The number of Topliss-reactive ketones (excluding diaryl/α,β-unsaturated/α-hetero) is 2. The van der Waals surface area contributed by atoms with Gasteiger partial charge in [0.2, 0.25) is 0 Å². The van der Waals surface area contributed by atoms with Crippen LogP contribution < -0.4 is 4.74 Å². The Kier molecular flexibility index (Phi) is 7.11. The van der Waals surface area contributed by atoms with Gasteiger partial charge in [-0.3, -0.25) is 19.4 Å². The highest BCUT2D eigenvalue weighted by Gasteiger charge is 2.23. The van der Waals surface area contributed by atoms with E-state index in [-0.39, 0.29) is 11.6 Å². The molecule has 1 aromatic heterocycles. The molecule has 29 heavy (non-hydrogen) atoms. The standard InChI is InChI=1S/C22H28ClN3O3/c1-15-21(17(3)27)16(2)24-22(15)20(28)14-26-10-8-25(9-11-26)12-13-29-19-6-4-18(23)5-7-19/h4-7,24H,8-14H2,1-3H3. The molecule has 156 valence electrons. The minimum atomic E-state index is -0.00951. The van der Waals surface area contributed by atoms with Crippen molar-refractivity contribution in [3.05, 3.63) is 51.8 Å². The molecule has 2 aromatic rings. The summed E-state index contributed by atoms with van der Waals surface area (Å²) in [5.74, 6) is 0.850. The van der Waals surface area contributed by atoms with Crippen molar-refractivity contribution in [1.82, 2.24) is 14.8 Å². The number of rotatable bonds is 8. The number of carbonyl (C=O) groups is 2. The van der Waals surface area contributed by atoms with Crippen LogP contribution in [0.5, 0.6) is 5.75 Å². The second kappa shape index (κ2) is 9.57. The number of benzene rings is 1. The lowest BCUT2D eigenvalue weighted by Gasteiger charge is -2.34. The first-order valence-corrected chi connectivity index (χ1v) is 10.3. The van der Waals surface area contributed by atoms with E-state index in [4.69, 9.17) is 16.3 Å². The normalized spacial score (nSPS) is 15.4. The summed E-state index contributed by atoms with van der Waals surface area (Å²) in [5, 5.41) is 0.699. The Labute approximate surface area is 176 Å². The van der Waals surface area contributed by atoms with Crippen LogP contribution in [0.1, 0.15) is 39.0 Å². The van der Waals surface area contributed by atoms with Crippen molar-refractivity contribution < 1.29 is 14.3 Å². The van der Waals surface area contributed by atoms with Crippen LogP contribution in [0.4, 0.5) is 0 Å². The molecule has 7 heteroatoms. The Balaban J connectivity index is 1.44. The van der Waals surface area contributed by atoms with Crippen molar-refractivity contribution >= 4 is 23.2 Å². The van der Waals surface area contributed by atoms with E-state index in [9.17, 15) is 9.59 Å². The monoisotopic (exact) mass is 417 g/mol. The van der Waals surface area contributed by atoms with Gasteiger partial charge in [-0.05, 0) is 50.6 Å². The van der Waals surface area contributed by atoms with E-state index >= 15 is 0 Å². The summed E-state index contributed by atoms with van der Waals surface area (Å²) in [4.78, 5) is 32.1. The molecule has 0 bridgehead atoms. The number of aromatic amines is 1. The van der Waals surface area contributed by atoms with E-state index in [1.165, 1.54) is 6.92 Å². The number of H-pyrrole nitrogens is 1. The van der Waals surface area contributed by atoms with Gasteiger partial charge in [-0.15, -0.1) is 0 Å². The van der Waals surface area contributed by atoms with Gasteiger partial charge in [0.25, 0.3) is 0 Å². The SMILES string of the molecule is CC(=O)c1c(C)[nH]c(C(=O)CN2CCN(CCOc3ccc(Cl)cc3)CC2)c1C. The number of hydrogen-bond acceptors (Lipinski definition) is 5. The van der Waals surface area contributed by atoms with Crippen molar-refractivity contribution in [3.8, 4) is 5.75 Å². The van der Waals surface area contributed by atoms with Crippen LogP contribution in [-0.2, 0) is 0 Å². The molecule has 0 saturated carbocycles. The smallest absolute Gasteiger partial charge is 0.193 e. The van der Waals surface area contributed by atoms with Gasteiger partial charge in [-0.1, -0.05) is 11.6 Å². The Hall–Kier alpha value is -2.15. The maximum atomic E-state index is 12.7. The van der Waals surface area contributed by atoms with Crippen molar-refractivity contribution in [1.29, 1.82) is 0 Å². The molecule has 2 heterocycles. The lowest BCUT2D eigenvalue weighted by molar-refractivity contribution is 0.0826. The Bertz CT molecular complexity index is 868. The van der Waals surface area contributed by atoms with Gasteiger partial charge in [0.05, 0.1) is 12.2 Å². The molecule has 3 rings (SSSR count). The van der Waals surface area contributed by atoms with E-state index in [2.05, 4.69) is 14.8 Å². The molecule has 6 nitrogen and oxygen atoms in total. The van der Waals surface area contributed by atoms with Gasteiger partial charge in [-0.2, -0.15) is 0 Å². The second-order valence-electron chi connectivity index (χ2n) is 7.52. The fourth-order valence-corrected chi connectivity index (χ4v) is 3.96. The first kappa shape index (κ1) is 21.6. The lowest BCUT2D eigenvalue weighted by atomic mass is 10.1. The van der Waals surface area contributed by atoms with Gasteiger partial charge in [-0.25, -0.2) is 0 Å². The number of ketones is 2. The molecule has 1 aromatic carbocycles. The Morgan fingerprint density at radius 2 is 1.69 bits per heavy atom. The van der Waals surface area contributed by atoms with Gasteiger partial charge in [0.1, 0.15) is 12.4 Å². The summed E-state index contributed by atoms with van der Waals surface area (Å²) in [6.45, 7) is 10.5. The first-order chi connectivity index (χ1) is 13.8. The number of ether oxygens (including phenoxy) is 1. The van der Waals surface area contributed by atoms with E-state index in [0.717, 1.165) is 49.7 Å². The molecule has 0 radical (unpaired) electrons. The first-order valence-electron chi connectivity index (χ1n) is 9.91. The zero-order valence-electron chi connectivity index (χ0n) is 17.3. The molecule has 0 amide bonds. The molecule has 0 atom stereocenters. The average Bonchev–Trinajstić information content (AvgIpc) is 2.99. The third-order valence-electron chi connectivity index (χ3n) is 5.39. The third kappa shape index (κ3) is 5.47. The van der Waals surface area contributed by atoms with Gasteiger partial charge in [0, 0.05) is 49.0 Å². The maximum absolute atomic E-state index is 12.7. The predicted molar refractivity (Wildman–Crippen MR) is 114 cm³/mol. The molecule has 0 unspecified atom stereocenters. The number of piperazine rings is 1. The summed E-state index contributed by atoms with van der Waals surface area (Å²) in [5.41, 5.74) is 2.73. The quantitative estimate of drug-likeness (QED) is 0.667. The van der Waals surface area contributed by atoms with Crippen LogP contribution in [0, 0.1) is 13.8 Å². The fourth-order valence-electron chi connectivity index (χ4n) is 3.83. The minimum Gasteiger partial charge on any atom is -0.492 e. The number of carbonyl (C=O) groups excluding carboxylic acids is 2. The average molecular weight is 418 g/mol. The number of aromatic nitrogens is 1. The highest BCUT2D eigenvalue weighted by Crippen LogP contribution is 2.19. The molecule has 1 aliphatic heterocycles. The third-order valence-corrected chi connectivity index (χ3v) is 5.64. The minimum absolute atomic E-state index is 0.00951. The predicted octanol–water partition coefficient (Wildman–Crippen LogP) is 3.37. The van der Waals surface area contributed by atoms with E-state index < -0.39 is 0 Å². The Morgan fingerprint density at radius 1 is 1.07 bits per heavy atom. The summed E-state index contributed by atoms with van der Waals surface area (Å²) >= 11 is 5.88. The van der Waals surface area contributed by atoms with Gasteiger partial charge in [0.15, 0.2) is 11.6 Å². The van der Waals surface area contributed by atoms with Crippen LogP contribution in [0.3, 0.4) is 0 Å². The molecule has 0 aliphatic carbocycles. The summed E-state index contributed by atoms with van der Waals surface area (Å²) in [7, 11) is 0. The molecular weight excluding hydrogens is 390 g/mol. The van der Waals surface area contributed by atoms with Crippen LogP contribution in [0.25, 0.3) is 0 Å². The van der Waals surface area contributed by atoms with Gasteiger partial charge < -0.3 is 9.72 Å². The summed E-state index contributed by atoms with van der Waals surface area (Å²) < 4.78 is 5.76. The van der Waals surface area contributed by atoms with Crippen molar-refractivity contribution in [3.63, 3.8) is 0 Å². The number of halogens is 1. The number of nitrogens with zero attached hydrogens (tertiary/aromatic N) is 2. The molecule has 1 N–H and O–H groups in total. The second-order valence-corrected chi connectivity index (χ2v) is 7.96.